The van der Waals surface area contributed by atoms with Gasteiger partial charge in [0.05, 0.1) is 11.7 Å². The molecule has 0 bridgehead atoms. The van der Waals surface area contributed by atoms with Crippen LogP contribution in [0.25, 0.3) is 0 Å². The summed E-state index contributed by atoms with van der Waals surface area (Å²) in [4.78, 5) is 1.43. The minimum Gasteiger partial charge on any atom is -0.308 e. The van der Waals surface area contributed by atoms with Crippen molar-refractivity contribution in [3.63, 3.8) is 0 Å². The van der Waals surface area contributed by atoms with Crippen molar-refractivity contribution >= 4 is 11.8 Å². The summed E-state index contributed by atoms with van der Waals surface area (Å²) in [6, 6.07) is 11.3. The Hall–Kier alpha value is -1.26. The van der Waals surface area contributed by atoms with Crippen LogP contribution in [0.5, 0.6) is 0 Å². The molecule has 106 valence electrons. The maximum atomic E-state index is 4.33. The third-order valence-corrected chi connectivity index (χ3v) is 5.23. The average Bonchev–Trinajstić information content (AvgIpc) is 3.06. The number of hydrogen-bond acceptors (Lipinski definition) is 3. The van der Waals surface area contributed by atoms with Crippen molar-refractivity contribution in [2.24, 2.45) is 7.05 Å². The van der Waals surface area contributed by atoms with Gasteiger partial charge in [-0.3, -0.25) is 4.68 Å². The maximum Gasteiger partial charge on any atom is 0.0619 e. The second-order valence-corrected chi connectivity index (χ2v) is 6.56. The molecule has 1 aromatic heterocycles. The molecule has 0 aliphatic carbocycles. The van der Waals surface area contributed by atoms with Crippen LogP contribution in [0.4, 0.5) is 0 Å². The van der Waals surface area contributed by atoms with Crippen molar-refractivity contribution in [2.45, 2.75) is 36.0 Å². The van der Waals surface area contributed by atoms with E-state index in [1.165, 1.54) is 16.2 Å². The van der Waals surface area contributed by atoms with Gasteiger partial charge in [0.15, 0.2) is 0 Å². The molecule has 0 saturated carbocycles. The smallest absolute Gasteiger partial charge is 0.0619 e. The molecular weight excluding hydrogens is 266 g/mol. The first-order chi connectivity index (χ1) is 9.79. The summed E-state index contributed by atoms with van der Waals surface area (Å²) in [5, 5.41) is 8.59. The molecule has 1 aliphatic heterocycles. The van der Waals surface area contributed by atoms with Gasteiger partial charge in [-0.2, -0.15) is 5.10 Å². The molecule has 2 unspecified atom stereocenters. The van der Waals surface area contributed by atoms with E-state index in [0.29, 0.717) is 11.3 Å². The molecule has 3 rings (SSSR count). The zero-order valence-corrected chi connectivity index (χ0v) is 12.9. The second-order valence-electron chi connectivity index (χ2n) is 5.28. The highest BCUT2D eigenvalue weighted by molar-refractivity contribution is 8.00. The summed E-state index contributed by atoms with van der Waals surface area (Å²) in [5.74, 6) is 0. The summed E-state index contributed by atoms with van der Waals surface area (Å²) in [6.45, 7) is 3.26. The van der Waals surface area contributed by atoms with Crippen molar-refractivity contribution < 1.29 is 0 Å². The lowest BCUT2D eigenvalue weighted by molar-refractivity contribution is 0.481. The fraction of sp³-hybridized carbons (Fsp3) is 0.438. The summed E-state index contributed by atoms with van der Waals surface area (Å²) in [5.41, 5.74) is 2.76. The number of hydrogen-bond donors (Lipinski definition) is 1. The number of nitrogens with one attached hydrogen (secondary N) is 1. The summed E-state index contributed by atoms with van der Waals surface area (Å²) >= 11 is 2.00. The standard InChI is InChI=1S/C16H21N3S/c1-3-9-17-16(13-8-10-18-19(13)2)15-11-12-6-4-5-7-14(12)20-15/h4-8,10,15-17H,3,9,11H2,1-2H3. The minimum absolute atomic E-state index is 0.361. The van der Waals surface area contributed by atoms with Gasteiger partial charge in [0.2, 0.25) is 0 Å². The number of aromatic nitrogens is 2. The van der Waals surface area contributed by atoms with Crippen LogP contribution in [0.2, 0.25) is 0 Å². The Balaban J connectivity index is 1.83. The monoisotopic (exact) mass is 287 g/mol. The van der Waals surface area contributed by atoms with E-state index >= 15 is 0 Å². The third-order valence-electron chi connectivity index (χ3n) is 3.84. The first kappa shape index (κ1) is 13.7. The molecule has 0 radical (unpaired) electrons. The molecule has 2 atom stereocenters. The lowest BCUT2D eigenvalue weighted by atomic mass is 10.0. The quantitative estimate of drug-likeness (QED) is 0.916. The highest BCUT2D eigenvalue weighted by Gasteiger charge is 2.31. The summed E-state index contributed by atoms with van der Waals surface area (Å²) < 4.78 is 2.00. The van der Waals surface area contributed by atoms with Gasteiger partial charge < -0.3 is 5.32 Å². The van der Waals surface area contributed by atoms with E-state index in [4.69, 9.17) is 0 Å². The topological polar surface area (TPSA) is 29.9 Å². The molecule has 0 spiro atoms. The lowest BCUT2D eigenvalue weighted by Gasteiger charge is -2.24. The molecule has 1 aliphatic rings. The number of benzene rings is 1. The largest absolute Gasteiger partial charge is 0.308 e. The van der Waals surface area contributed by atoms with Gasteiger partial charge in [-0.1, -0.05) is 25.1 Å². The Morgan fingerprint density at radius 1 is 1.40 bits per heavy atom. The summed E-state index contributed by atoms with van der Waals surface area (Å²) in [7, 11) is 2.03. The normalized spacial score (nSPS) is 19.0. The van der Waals surface area contributed by atoms with Crippen molar-refractivity contribution in [2.75, 3.05) is 6.54 Å². The first-order valence-electron chi connectivity index (χ1n) is 7.25. The Labute approximate surface area is 124 Å². The van der Waals surface area contributed by atoms with Crippen LogP contribution in [0, 0.1) is 0 Å². The number of fused-ring (bicyclic) bond motifs is 1. The van der Waals surface area contributed by atoms with E-state index in [2.05, 4.69) is 47.7 Å². The average molecular weight is 287 g/mol. The van der Waals surface area contributed by atoms with Crippen LogP contribution >= 0.6 is 11.8 Å². The molecule has 0 amide bonds. The fourth-order valence-electron chi connectivity index (χ4n) is 2.81. The number of nitrogens with zero attached hydrogens (tertiary/aromatic N) is 2. The number of rotatable bonds is 5. The number of thioether (sulfide) groups is 1. The van der Waals surface area contributed by atoms with Gasteiger partial charge in [0.25, 0.3) is 0 Å². The molecule has 4 heteroatoms. The van der Waals surface area contributed by atoms with E-state index in [9.17, 15) is 0 Å². The van der Waals surface area contributed by atoms with Crippen molar-refractivity contribution in [1.82, 2.24) is 15.1 Å². The van der Waals surface area contributed by atoms with Crippen LogP contribution in [0.15, 0.2) is 41.4 Å². The van der Waals surface area contributed by atoms with E-state index < -0.39 is 0 Å². The highest BCUT2D eigenvalue weighted by atomic mass is 32.2. The molecular formula is C16H21N3S. The zero-order valence-electron chi connectivity index (χ0n) is 12.0. The van der Waals surface area contributed by atoms with Crippen LogP contribution in [0.3, 0.4) is 0 Å². The lowest BCUT2D eigenvalue weighted by Crippen LogP contribution is -2.32. The molecule has 1 aromatic carbocycles. The molecule has 0 fully saturated rings. The van der Waals surface area contributed by atoms with Crippen LogP contribution in [0.1, 0.15) is 30.6 Å². The predicted molar refractivity (Wildman–Crippen MR) is 84.0 cm³/mol. The van der Waals surface area contributed by atoms with E-state index in [1.54, 1.807) is 0 Å². The molecule has 1 N–H and O–H groups in total. The molecule has 2 heterocycles. The Morgan fingerprint density at radius 3 is 2.95 bits per heavy atom. The van der Waals surface area contributed by atoms with Gasteiger partial charge in [0.1, 0.15) is 0 Å². The predicted octanol–water partition coefficient (Wildman–Crippen LogP) is 3.18. The van der Waals surface area contributed by atoms with E-state index in [1.807, 2.05) is 29.7 Å². The van der Waals surface area contributed by atoms with Crippen molar-refractivity contribution in [3.05, 3.63) is 47.8 Å². The highest BCUT2D eigenvalue weighted by Crippen LogP contribution is 2.42. The SMILES string of the molecule is CCCNC(c1ccnn1C)C1Cc2ccccc2S1. The summed E-state index contributed by atoms with van der Waals surface area (Å²) in [6.07, 6.45) is 4.18. The Bertz CT molecular complexity index is 554. The van der Waals surface area contributed by atoms with E-state index in [-0.39, 0.29) is 0 Å². The third kappa shape index (κ3) is 2.63. The zero-order chi connectivity index (χ0) is 13.9. The first-order valence-corrected chi connectivity index (χ1v) is 8.13. The van der Waals surface area contributed by atoms with Crippen molar-refractivity contribution in [1.29, 1.82) is 0 Å². The molecule has 0 saturated heterocycles. The van der Waals surface area contributed by atoms with Gasteiger partial charge in [-0.05, 0) is 37.1 Å². The van der Waals surface area contributed by atoms with Gasteiger partial charge >= 0.3 is 0 Å². The molecule has 2 aromatic rings. The fourth-order valence-corrected chi connectivity index (χ4v) is 4.23. The second kappa shape index (κ2) is 6.02. The maximum absolute atomic E-state index is 4.33. The van der Waals surface area contributed by atoms with E-state index in [0.717, 1.165) is 19.4 Å². The van der Waals surface area contributed by atoms with Crippen LogP contribution < -0.4 is 5.32 Å². The minimum atomic E-state index is 0.361. The van der Waals surface area contributed by atoms with Crippen molar-refractivity contribution in [3.8, 4) is 0 Å². The Kier molecular flexibility index (Phi) is 4.13. The van der Waals surface area contributed by atoms with Gasteiger partial charge in [0, 0.05) is 23.4 Å². The Morgan fingerprint density at radius 2 is 2.25 bits per heavy atom. The van der Waals surface area contributed by atoms with Gasteiger partial charge in [-0.15, -0.1) is 11.8 Å². The van der Waals surface area contributed by atoms with Crippen LogP contribution in [-0.2, 0) is 13.5 Å². The van der Waals surface area contributed by atoms with Gasteiger partial charge in [-0.25, -0.2) is 0 Å². The molecule has 20 heavy (non-hydrogen) atoms. The van der Waals surface area contributed by atoms with Crippen LogP contribution in [-0.4, -0.2) is 21.6 Å². The number of aryl methyl sites for hydroxylation is 1. The molecule has 3 nitrogen and oxygen atoms in total.